The maximum Gasteiger partial charge on any atom is 0.0139 e. The monoisotopic (exact) mass is 336 g/mol. The summed E-state index contributed by atoms with van der Waals surface area (Å²) in [5.74, 6) is 0.802. The molecule has 1 heteroatoms. The summed E-state index contributed by atoms with van der Waals surface area (Å²) < 4.78 is 1.36. The van der Waals surface area contributed by atoms with Crippen LogP contribution in [0.1, 0.15) is 42.7 Å². The molecule has 1 fully saturated rings. The van der Waals surface area contributed by atoms with E-state index in [0.717, 1.165) is 5.92 Å². The fourth-order valence-electron chi connectivity index (χ4n) is 3.14. The molecule has 0 atom stereocenters. The van der Waals surface area contributed by atoms with Gasteiger partial charge in [0.2, 0.25) is 0 Å². The lowest BCUT2D eigenvalue weighted by atomic mass is 9.91. The summed E-state index contributed by atoms with van der Waals surface area (Å²) >= 11 is 2.43. The van der Waals surface area contributed by atoms with Crippen LogP contribution in [-0.2, 0) is 0 Å². The smallest absolute Gasteiger partial charge is 0.0139 e. The van der Waals surface area contributed by atoms with Crippen LogP contribution in [0.5, 0.6) is 0 Å². The maximum atomic E-state index is 2.43. The van der Waals surface area contributed by atoms with Gasteiger partial charge in [-0.05, 0) is 82.3 Å². The van der Waals surface area contributed by atoms with Crippen molar-refractivity contribution < 1.29 is 0 Å². The summed E-state index contributed by atoms with van der Waals surface area (Å²) in [4.78, 5) is 0. The van der Waals surface area contributed by atoms with E-state index in [1.807, 2.05) is 0 Å². The molecule has 0 aromatic heterocycles. The molecule has 0 bridgehead atoms. The number of benzene rings is 2. The first-order valence-electron chi connectivity index (χ1n) is 6.44. The van der Waals surface area contributed by atoms with Gasteiger partial charge in [0, 0.05) is 3.57 Å². The van der Waals surface area contributed by atoms with Gasteiger partial charge in [-0.1, -0.05) is 31.0 Å². The molecule has 1 aliphatic carbocycles. The molecule has 0 heterocycles. The molecule has 1 aliphatic rings. The first-order valence-corrected chi connectivity index (χ1v) is 7.52. The fraction of sp³-hybridized carbons (Fsp3) is 0.375. The van der Waals surface area contributed by atoms with E-state index in [1.54, 1.807) is 5.56 Å². The summed E-state index contributed by atoms with van der Waals surface area (Å²) in [5.41, 5.74) is 2.99. The molecule has 2 aromatic carbocycles. The average Bonchev–Trinajstić information content (AvgIpc) is 2.81. The second kappa shape index (κ2) is 4.60. The van der Waals surface area contributed by atoms with E-state index in [-0.39, 0.29) is 0 Å². The first-order chi connectivity index (χ1) is 8.25. The van der Waals surface area contributed by atoms with Crippen LogP contribution >= 0.6 is 22.6 Å². The quantitative estimate of drug-likeness (QED) is 0.611. The van der Waals surface area contributed by atoms with Crippen LogP contribution in [0.2, 0.25) is 0 Å². The summed E-state index contributed by atoms with van der Waals surface area (Å²) in [6.07, 6.45) is 5.57. The average molecular weight is 336 g/mol. The Balaban J connectivity index is 2.24. The predicted molar refractivity (Wildman–Crippen MR) is 82.6 cm³/mol. The lowest BCUT2D eigenvalue weighted by Gasteiger charge is -2.14. The highest BCUT2D eigenvalue weighted by atomic mass is 127. The zero-order valence-corrected chi connectivity index (χ0v) is 12.3. The normalized spacial score (nSPS) is 16.8. The van der Waals surface area contributed by atoms with Crippen LogP contribution in [0.25, 0.3) is 10.8 Å². The second-order valence-electron chi connectivity index (χ2n) is 5.15. The van der Waals surface area contributed by atoms with Gasteiger partial charge >= 0.3 is 0 Å². The molecule has 0 amide bonds. The molecule has 0 aliphatic heterocycles. The Morgan fingerprint density at radius 3 is 2.59 bits per heavy atom. The highest BCUT2D eigenvalue weighted by Crippen LogP contribution is 2.38. The van der Waals surface area contributed by atoms with Gasteiger partial charge in [-0.2, -0.15) is 0 Å². The van der Waals surface area contributed by atoms with Crippen LogP contribution < -0.4 is 0 Å². The van der Waals surface area contributed by atoms with Gasteiger partial charge in [0.15, 0.2) is 0 Å². The number of halogens is 1. The van der Waals surface area contributed by atoms with Crippen LogP contribution in [0.3, 0.4) is 0 Å². The zero-order chi connectivity index (χ0) is 11.8. The van der Waals surface area contributed by atoms with Crippen LogP contribution in [-0.4, -0.2) is 0 Å². The topological polar surface area (TPSA) is 0 Å². The van der Waals surface area contributed by atoms with Crippen LogP contribution in [0, 0.1) is 10.5 Å². The molecule has 17 heavy (non-hydrogen) atoms. The van der Waals surface area contributed by atoms with E-state index in [4.69, 9.17) is 0 Å². The van der Waals surface area contributed by atoms with E-state index in [2.05, 4.69) is 59.8 Å². The number of aryl methyl sites for hydroxylation is 1. The first kappa shape index (κ1) is 11.5. The van der Waals surface area contributed by atoms with Gasteiger partial charge in [0.1, 0.15) is 0 Å². The number of fused-ring (bicyclic) bond motifs is 1. The summed E-state index contributed by atoms with van der Waals surface area (Å²) in [6.45, 7) is 2.23. The van der Waals surface area contributed by atoms with Crippen molar-refractivity contribution in [2.45, 2.75) is 38.5 Å². The Morgan fingerprint density at radius 2 is 1.82 bits per heavy atom. The van der Waals surface area contributed by atoms with Crippen molar-refractivity contribution in [2.24, 2.45) is 0 Å². The molecule has 2 aromatic rings. The van der Waals surface area contributed by atoms with Gasteiger partial charge < -0.3 is 0 Å². The minimum atomic E-state index is 0.802. The Morgan fingerprint density at radius 1 is 1.06 bits per heavy atom. The molecule has 3 rings (SSSR count). The van der Waals surface area contributed by atoms with Gasteiger partial charge in [-0.15, -0.1) is 0 Å². The Bertz CT molecular complexity index is 551. The molecular formula is C16H17I. The zero-order valence-electron chi connectivity index (χ0n) is 10.2. The van der Waals surface area contributed by atoms with E-state index >= 15 is 0 Å². The number of hydrogen-bond donors (Lipinski definition) is 0. The summed E-state index contributed by atoms with van der Waals surface area (Å²) in [5, 5.41) is 2.93. The van der Waals surface area contributed by atoms with Crippen molar-refractivity contribution in [3.8, 4) is 0 Å². The molecule has 0 N–H and O–H groups in total. The molecule has 0 saturated heterocycles. The second-order valence-corrected chi connectivity index (χ2v) is 6.39. The van der Waals surface area contributed by atoms with Crippen molar-refractivity contribution in [1.29, 1.82) is 0 Å². The van der Waals surface area contributed by atoms with E-state index < -0.39 is 0 Å². The molecule has 0 spiro atoms. The van der Waals surface area contributed by atoms with Crippen molar-refractivity contribution >= 4 is 33.4 Å². The van der Waals surface area contributed by atoms with Crippen LogP contribution in [0.4, 0.5) is 0 Å². The maximum absolute atomic E-state index is 2.43. The van der Waals surface area contributed by atoms with Crippen molar-refractivity contribution in [3.63, 3.8) is 0 Å². The molecule has 1 saturated carbocycles. The molecule has 0 nitrogen and oxygen atoms in total. The largest absolute Gasteiger partial charge is 0.0613 e. The van der Waals surface area contributed by atoms with E-state index in [1.165, 1.54) is 45.6 Å². The third-order valence-corrected chi connectivity index (χ3v) is 4.62. The SMILES string of the molecule is Cc1cc(I)cc2c(C3CCCC3)cccc12. The lowest BCUT2D eigenvalue weighted by Crippen LogP contribution is -1.95. The molecule has 88 valence electrons. The van der Waals surface area contributed by atoms with E-state index in [0.29, 0.717) is 0 Å². The highest BCUT2D eigenvalue weighted by molar-refractivity contribution is 14.1. The minimum Gasteiger partial charge on any atom is -0.0613 e. The standard InChI is InChI=1S/C16H17I/c1-11-9-13(17)10-16-14(11)7-4-8-15(16)12-5-2-3-6-12/h4,7-10,12H,2-3,5-6H2,1H3. The number of rotatable bonds is 1. The highest BCUT2D eigenvalue weighted by Gasteiger charge is 2.19. The lowest BCUT2D eigenvalue weighted by molar-refractivity contribution is 0.729. The predicted octanol–water partition coefficient (Wildman–Crippen LogP) is 5.41. The molecule has 0 radical (unpaired) electrons. The van der Waals surface area contributed by atoms with Gasteiger partial charge in [0.05, 0.1) is 0 Å². The summed E-state index contributed by atoms with van der Waals surface area (Å²) in [7, 11) is 0. The molecular weight excluding hydrogens is 319 g/mol. The van der Waals surface area contributed by atoms with Gasteiger partial charge in [0.25, 0.3) is 0 Å². The Kier molecular flexibility index (Phi) is 3.12. The van der Waals surface area contributed by atoms with Gasteiger partial charge in [-0.3, -0.25) is 0 Å². The Labute approximate surface area is 117 Å². The fourth-order valence-corrected chi connectivity index (χ4v) is 3.92. The van der Waals surface area contributed by atoms with Crippen molar-refractivity contribution in [3.05, 3.63) is 45.0 Å². The molecule has 0 unspecified atom stereocenters. The van der Waals surface area contributed by atoms with Crippen LogP contribution in [0.15, 0.2) is 30.3 Å². The van der Waals surface area contributed by atoms with Crippen molar-refractivity contribution in [2.75, 3.05) is 0 Å². The summed E-state index contributed by atoms with van der Waals surface area (Å²) in [6, 6.07) is 11.5. The third kappa shape index (κ3) is 2.10. The third-order valence-electron chi connectivity index (χ3n) is 4.00. The Hall–Kier alpha value is -0.570. The van der Waals surface area contributed by atoms with Crippen molar-refractivity contribution in [1.82, 2.24) is 0 Å². The minimum absolute atomic E-state index is 0.802. The van der Waals surface area contributed by atoms with Gasteiger partial charge in [-0.25, -0.2) is 0 Å². The van der Waals surface area contributed by atoms with E-state index in [9.17, 15) is 0 Å². The number of hydrogen-bond acceptors (Lipinski definition) is 0.